The van der Waals surface area contributed by atoms with Gasteiger partial charge in [-0.05, 0) is 43.7 Å². The van der Waals surface area contributed by atoms with Gasteiger partial charge in [0.1, 0.15) is 5.82 Å². The second-order valence-electron chi connectivity index (χ2n) is 5.85. The summed E-state index contributed by atoms with van der Waals surface area (Å²) in [5, 5.41) is 12.6. The molecule has 1 aromatic rings. The molecule has 2 N–H and O–H groups in total. The molecule has 2 rings (SSSR count). The molecule has 0 saturated heterocycles. The SMILES string of the molecule is CCc1cc(C(=O)O)cc(NC2CCCC(C)CC2)n1. The summed E-state index contributed by atoms with van der Waals surface area (Å²) < 4.78 is 0. The number of aryl methyl sites for hydroxylation is 1. The first kappa shape index (κ1) is 14.8. The minimum absolute atomic E-state index is 0.321. The number of anilines is 1. The molecule has 4 nitrogen and oxygen atoms in total. The van der Waals surface area contributed by atoms with Crippen LogP contribution in [-0.4, -0.2) is 22.1 Å². The van der Waals surface area contributed by atoms with Gasteiger partial charge in [-0.2, -0.15) is 0 Å². The highest BCUT2D eigenvalue weighted by Crippen LogP contribution is 2.25. The van der Waals surface area contributed by atoms with Crippen molar-refractivity contribution >= 4 is 11.8 Å². The molecule has 0 radical (unpaired) electrons. The zero-order valence-electron chi connectivity index (χ0n) is 12.4. The number of carboxylic acid groups (broad SMARTS) is 1. The number of hydrogen-bond acceptors (Lipinski definition) is 3. The van der Waals surface area contributed by atoms with Crippen LogP contribution >= 0.6 is 0 Å². The summed E-state index contributed by atoms with van der Waals surface area (Å²) in [5.74, 6) is 0.618. The number of nitrogens with one attached hydrogen (secondary N) is 1. The van der Waals surface area contributed by atoms with Crippen LogP contribution in [0.15, 0.2) is 12.1 Å². The lowest BCUT2D eigenvalue weighted by Crippen LogP contribution is -2.20. The molecule has 0 bridgehead atoms. The second-order valence-corrected chi connectivity index (χ2v) is 5.85. The third-order valence-corrected chi connectivity index (χ3v) is 4.10. The van der Waals surface area contributed by atoms with Gasteiger partial charge in [-0.1, -0.05) is 26.7 Å². The Hall–Kier alpha value is -1.58. The Balaban J connectivity index is 2.11. The predicted octanol–water partition coefficient (Wildman–Crippen LogP) is 3.72. The molecule has 1 aromatic heterocycles. The number of aromatic nitrogens is 1. The summed E-state index contributed by atoms with van der Waals surface area (Å²) in [7, 11) is 0. The Morgan fingerprint density at radius 2 is 2.15 bits per heavy atom. The minimum Gasteiger partial charge on any atom is -0.478 e. The van der Waals surface area contributed by atoms with Crippen LogP contribution in [0, 0.1) is 5.92 Å². The summed E-state index contributed by atoms with van der Waals surface area (Å²) in [4.78, 5) is 15.7. The first-order valence-corrected chi connectivity index (χ1v) is 7.59. The van der Waals surface area contributed by atoms with Crippen molar-refractivity contribution in [3.63, 3.8) is 0 Å². The van der Waals surface area contributed by atoms with E-state index < -0.39 is 5.97 Å². The average Bonchev–Trinajstić information content (AvgIpc) is 2.63. The zero-order valence-corrected chi connectivity index (χ0v) is 12.4. The maximum Gasteiger partial charge on any atom is 0.335 e. The fourth-order valence-electron chi connectivity index (χ4n) is 2.81. The smallest absolute Gasteiger partial charge is 0.335 e. The van der Waals surface area contributed by atoms with E-state index in [1.807, 2.05) is 6.92 Å². The van der Waals surface area contributed by atoms with Gasteiger partial charge in [-0.3, -0.25) is 0 Å². The summed E-state index contributed by atoms with van der Waals surface area (Å²) in [6, 6.07) is 3.72. The number of carbonyl (C=O) groups is 1. The van der Waals surface area contributed by atoms with Crippen LogP contribution in [0.4, 0.5) is 5.82 Å². The van der Waals surface area contributed by atoms with Crippen molar-refractivity contribution in [3.8, 4) is 0 Å². The molecule has 1 aliphatic carbocycles. The van der Waals surface area contributed by atoms with Gasteiger partial charge in [-0.15, -0.1) is 0 Å². The summed E-state index contributed by atoms with van der Waals surface area (Å²) in [5.41, 5.74) is 1.15. The van der Waals surface area contributed by atoms with Crippen molar-refractivity contribution in [1.82, 2.24) is 4.98 Å². The Morgan fingerprint density at radius 1 is 1.35 bits per heavy atom. The maximum atomic E-state index is 11.2. The van der Waals surface area contributed by atoms with Crippen molar-refractivity contribution in [2.45, 2.75) is 58.4 Å². The predicted molar refractivity (Wildman–Crippen MR) is 80.2 cm³/mol. The van der Waals surface area contributed by atoms with Crippen LogP contribution in [0.5, 0.6) is 0 Å². The lowest BCUT2D eigenvalue weighted by molar-refractivity contribution is 0.0696. The number of nitrogens with zero attached hydrogens (tertiary/aromatic N) is 1. The highest BCUT2D eigenvalue weighted by atomic mass is 16.4. The molecule has 1 aliphatic rings. The first-order valence-electron chi connectivity index (χ1n) is 7.59. The van der Waals surface area contributed by atoms with E-state index >= 15 is 0 Å². The Bertz CT molecular complexity index is 474. The van der Waals surface area contributed by atoms with Crippen LogP contribution in [0.25, 0.3) is 0 Å². The molecule has 2 unspecified atom stereocenters. The van der Waals surface area contributed by atoms with Gasteiger partial charge < -0.3 is 10.4 Å². The van der Waals surface area contributed by atoms with Crippen LogP contribution < -0.4 is 5.32 Å². The monoisotopic (exact) mass is 276 g/mol. The van der Waals surface area contributed by atoms with Crippen LogP contribution in [0.2, 0.25) is 0 Å². The molecule has 1 fully saturated rings. The second kappa shape index (κ2) is 6.73. The van der Waals surface area contributed by atoms with Crippen molar-refractivity contribution in [1.29, 1.82) is 0 Å². The van der Waals surface area contributed by atoms with Crippen molar-refractivity contribution in [3.05, 3.63) is 23.4 Å². The average molecular weight is 276 g/mol. The van der Waals surface area contributed by atoms with Crippen LogP contribution in [0.3, 0.4) is 0 Å². The van der Waals surface area contributed by atoms with Gasteiger partial charge >= 0.3 is 5.97 Å². The van der Waals surface area contributed by atoms with Gasteiger partial charge in [0.15, 0.2) is 0 Å². The maximum absolute atomic E-state index is 11.2. The lowest BCUT2D eigenvalue weighted by Gasteiger charge is -2.18. The van der Waals surface area contributed by atoms with Gasteiger partial charge in [0.25, 0.3) is 0 Å². The zero-order chi connectivity index (χ0) is 14.5. The van der Waals surface area contributed by atoms with Crippen molar-refractivity contribution < 1.29 is 9.90 Å². The van der Waals surface area contributed by atoms with E-state index in [4.69, 9.17) is 5.11 Å². The van der Waals surface area contributed by atoms with E-state index in [1.54, 1.807) is 12.1 Å². The lowest BCUT2D eigenvalue weighted by atomic mass is 10.0. The molecule has 20 heavy (non-hydrogen) atoms. The molecule has 0 spiro atoms. The van der Waals surface area contributed by atoms with E-state index in [-0.39, 0.29) is 0 Å². The molecule has 1 heterocycles. The summed E-state index contributed by atoms with van der Waals surface area (Å²) in [6.07, 6.45) is 6.79. The first-order chi connectivity index (χ1) is 9.58. The quantitative estimate of drug-likeness (QED) is 0.823. The third-order valence-electron chi connectivity index (χ3n) is 4.10. The Kier molecular flexibility index (Phi) is 4.99. The summed E-state index contributed by atoms with van der Waals surface area (Å²) in [6.45, 7) is 4.30. The number of aromatic carboxylic acids is 1. The van der Waals surface area contributed by atoms with E-state index in [1.165, 1.54) is 19.3 Å². The fourth-order valence-corrected chi connectivity index (χ4v) is 2.81. The molecule has 1 saturated carbocycles. The summed E-state index contributed by atoms with van der Waals surface area (Å²) >= 11 is 0. The number of rotatable bonds is 4. The highest BCUT2D eigenvalue weighted by molar-refractivity contribution is 5.88. The van der Waals surface area contributed by atoms with Gasteiger partial charge in [-0.25, -0.2) is 9.78 Å². The third kappa shape index (κ3) is 3.95. The molecule has 0 amide bonds. The molecular formula is C16H24N2O2. The molecule has 4 heteroatoms. The Labute approximate surface area is 120 Å². The largest absolute Gasteiger partial charge is 0.478 e. The molecule has 2 atom stereocenters. The van der Waals surface area contributed by atoms with E-state index in [9.17, 15) is 4.79 Å². The van der Waals surface area contributed by atoms with Crippen molar-refractivity contribution in [2.75, 3.05) is 5.32 Å². The highest BCUT2D eigenvalue weighted by Gasteiger charge is 2.17. The topological polar surface area (TPSA) is 62.2 Å². The van der Waals surface area contributed by atoms with Gasteiger partial charge in [0.05, 0.1) is 5.56 Å². The standard InChI is InChI=1S/C16H24N2O2/c1-3-13-9-12(16(19)20)10-15(17-13)18-14-6-4-5-11(2)7-8-14/h9-11,14H,3-8H2,1-2H3,(H,17,18)(H,19,20). The van der Waals surface area contributed by atoms with Crippen LogP contribution in [-0.2, 0) is 6.42 Å². The minimum atomic E-state index is -0.889. The number of pyridine rings is 1. The molecule has 110 valence electrons. The van der Waals surface area contributed by atoms with Gasteiger partial charge in [0, 0.05) is 11.7 Å². The van der Waals surface area contributed by atoms with E-state index in [0.717, 1.165) is 30.9 Å². The molecule has 0 aliphatic heterocycles. The molecule has 0 aromatic carbocycles. The Morgan fingerprint density at radius 3 is 2.85 bits per heavy atom. The van der Waals surface area contributed by atoms with E-state index in [0.29, 0.717) is 17.4 Å². The fraction of sp³-hybridized carbons (Fsp3) is 0.625. The van der Waals surface area contributed by atoms with Crippen molar-refractivity contribution in [2.24, 2.45) is 5.92 Å². The number of hydrogen-bond donors (Lipinski definition) is 2. The number of carboxylic acids is 1. The molecular weight excluding hydrogens is 252 g/mol. The van der Waals surface area contributed by atoms with E-state index in [2.05, 4.69) is 17.2 Å². The van der Waals surface area contributed by atoms with Gasteiger partial charge in [0.2, 0.25) is 0 Å². The van der Waals surface area contributed by atoms with Crippen LogP contribution in [0.1, 0.15) is 62.0 Å². The normalized spacial score (nSPS) is 23.1.